The number of nitrogens with two attached hydrogens (primary N) is 1. The number of hydrogen-bond donors (Lipinski definition) is 3. The molecule has 148 valence electrons. The number of anilines is 1. The van der Waals surface area contributed by atoms with Crippen molar-refractivity contribution in [2.24, 2.45) is 5.73 Å². The SMILES string of the molecule is NC(=O)CNC(=O)c1ccc(NC(=O)c2csc(Cc3ccccc3F)n2)cc1. The lowest BCUT2D eigenvalue weighted by Crippen LogP contribution is -2.33. The molecule has 3 rings (SSSR count). The van der Waals surface area contributed by atoms with Crippen LogP contribution in [-0.2, 0) is 11.2 Å². The number of nitrogens with one attached hydrogen (secondary N) is 2. The van der Waals surface area contributed by atoms with Gasteiger partial charge in [-0.1, -0.05) is 18.2 Å². The number of halogens is 1. The van der Waals surface area contributed by atoms with Crippen molar-refractivity contribution in [3.8, 4) is 0 Å². The first kappa shape index (κ1) is 20.2. The molecule has 4 N–H and O–H groups in total. The van der Waals surface area contributed by atoms with Gasteiger partial charge in [0, 0.05) is 23.1 Å². The molecule has 0 aliphatic carbocycles. The Balaban J connectivity index is 1.60. The summed E-state index contributed by atoms with van der Waals surface area (Å²) in [5, 5.41) is 7.30. The summed E-state index contributed by atoms with van der Waals surface area (Å²) < 4.78 is 13.8. The van der Waals surface area contributed by atoms with Gasteiger partial charge in [0.15, 0.2) is 0 Å². The van der Waals surface area contributed by atoms with Crippen LogP contribution in [0, 0.1) is 5.82 Å². The molecule has 9 heteroatoms. The van der Waals surface area contributed by atoms with Crippen LogP contribution in [0.2, 0.25) is 0 Å². The van der Waals surface area contributed by atoms with Gasteiger partial charge >= 0.3 is 0 Å². The minimum absolute atomic E-state index is 0.226. The first-order valence-corrected chi connectivity index (χ1v) is 9.46. The second-order valence-corrected chi connectivity index (χ2v) is 7.02. The number of nitrogens with zero attached hydrogens (tertiary/aromatic N) is 1. The smallest absolute Gasteiger partial charge is 0.275 e. The fraction of sp³-hybridized carbons (Fsp3) is 0.100. The number of carbonyl (C=O) groups excluding carboxylic acids is 3. The van der Waals surface area contributed by atoms with E-state index in [9.17, 15) is 18.8 Å². The summed E-state index contributed by atoms with van der Waals surface area (Å²) in [7, 11) is 0. The number of thiazole rings is 1. The molecule has 0 radical (unpaired) electrons. The summed E-state index contributed by atoms with van der Waals surface area (Å²) in [6.45, 7) is -0.254. The standard InChI is InChI=1S/C20H17FN4O3S/c21-15-4-2-1-3-13(15)9-18-25-16(11-29-18)20(28)24-14-7-5-12(6-8-14)19(27)23-10-17(22)26/h1-8,11H,9-10H2,(H2,22,26)(H,23,27)(H,24,28). The minimum atomic E-state index is -0.639. The van der Waals surface area contributed by atoms with E-state index in [0.29, 0.717) is 28.2 Å². The molecule has 0 saturated carbocycles. The van der Waals surface area contributed by atoms with E-state index in [1.54, 1.807) is 35.7 Å². The quantitative estimate of drug-likeness (QED) is 0.553. The topological polar surface area (TPSA) is 114 Å². The van der Waals surface area contributed by atoms with Crippen molar-refractivity contribution in [2.45, 2.75) is 6.42 Å². The van der Waals surface area contributed by atoms with Crippen molar-refractivity contribution in [1.82, 2.24) is 10.3 Å². The maximum absolute atomic E-state index is 13.8. The molecule has 3 aromatic rings. The van der Waals surface area contributed by atoms with E-state index < -0.39 is 17.7 Å². The third-order valence-corrected chi connectivity index (χ3v) is 4.76. The van der Waals surface area contributed by atoms with E-state index in [4.69, 9.17) is 5.73 Å². The van der Waals surface area contributed by atoms with E-state index in [0.717, 1.165) is 0 Å². The van der Waals surface area contributed by atoms with Gasteiger partial charge < -0.3 is 16.4 Å². The lowest BCUT2D eigenvalue weighted by molar-refractivity contribution is -0.117. The van der Waals surface area contributed by atoms with Gasteiger partial charge in [0.2, 0.25) is 5.91 Å². The van der Waals surface area contributed by atoms with Gasteiger partial charge in [0.05, 0.1) is 11.6 Å². The number of aromatic nitrogens is 1. The summed E-state index contributed by atoms with van der Waals surface area (Å²) in [4.78, 5) is 39.2. The number of hydrogen-bond acceptors (Lipinski definition) is 5. The molecule has 0 saturated heterocycles. The molecular formula is C20H17FN4O3S. The van der Waals surface area contributed by atoms with Gasteiger partial charge in [-0.15, -0.1) is 11.3 Å². The Hall–Kier alpha value is -3.59. The van der Waals surface area contributed by atoms with Crippen molar-refractivity contribution in [2.75, 3.05) is 11.9 Å². The fourth-order valence-corrected chi connectivity index (χ4v) is 3.27. The monoisotopic (exact) mass is 412 g/mol. The van der Waals surface area contributed by atoms with Crippen molar-refractivity contribution in [3.63, 3.8) is 0 Å². The second kappa shape index (κ2) is 9.07. The maximum Gasteiger partial charge on any atom is 0.275 e. The zero-order valence-electron chi connectivity index (χ0n) is 15.1. The van der Waals surface area contributed by atoms with Gasteiger partial charge in [-0.05, 0) is 35.9 Å². The van der Waals surface area contributed by atoms with E-state index >= 15 is 0 Å². The molecular weight excluding hydrogens is 395 g/mol. The molecule has 0 fully saturated rings. The van der Waals surface area contributed by atoms with Crippen LogP contribution in [0.5, 0.6) is 0 Å². The Bertz CT molecular complexity index is 1050. The average Bonchev–Trinajstić information content (AvgIpc) is 3.17. The lowest BCUT2D eigenvalue weighted by Gasteiger charge is -2.06. The van der Waals surface area contributed by atoms with E-state index in [-0.39, 0.29) is 18.1 Å². The van der Waals surface area contributed by atoms with Gasteiger partial charge in [0.1, 0.15) is 11.5 Å². The highest BCUT2D eigenvalue weighted by Gasteiger charge is 2.13. The van der Waals surface area contributed by atoms with Crippen LogP contribution in [0.4, 0.5) is 10.1 Å². The van der Waals surface area contributed by atoms with Gasteiger partial charge in [-0.2, -0.15) is 0 Å². The largest absolute Gasteiger partial charge is 0.368 e. The third-order valence-electron chi connectivity index (χ3n) is 3.91. The van der Waals surface area contributed by atoms with Gasteiger partial charge in [-0.25, -0.2) is 9.37 Å². The highest BCUT2D eigenvalue weighted by molar-refractivity contribution is 7.09. The number of amides is 3. The Kier molecular flexibility index (Phi) is 6.30. The number of primary amides is 1. The molecule has 1 aromatic heterocycles. The molecule has 29 heavy (non-hydrogen) atoms. The Morgan fingerprint density at radius 2 is 1.76 bits per heavy atom. The summed E-state index contributed by atoms with van der Waals surface area (Å²) in [6, 6.07) is 12.6. The molecule has 0 atom stereocenters. The molecule has 0 bridgehead atoms. The van der Waals surface area contributed by atoms with Crippen LogP contribution in [0.1, 0.15) is 31.4 Å². The van der Waals surface area contributed by atoms with Crippen LogP contribution < -0.4 is 16.4 Å². The summed E-state index contributed by atoms with van der Waals surface area (Å²) in [5.41, 5.74) is 6.52. The first-order valence-electron chi connectivity index (χ1n) is 8.58. The predicted octanol–water partition coefficient (Wildman–Crippen LogP) is 2.34. The summed E-state index contributed by atoms with van der Waals surface area (Å²) in [6.07, 6.45) is 0.305. The van der Waals surface area contributed by atoms with E-state index in [2.05, 4.69) is 15.6 Å². The lowest BCUT2D eigenvalue weighted by atomic mass is 10.1. The molecule has 0 spiro atoms. The van der Waals surface area contributed by atoms with Crippen molar-refractivity contribution >= 4 is 34.7 Å². The molecule has 1 heterocycles. The fourth-order valence-electron chi connectivity index (χ4n) is 2.47. The normalized spacial score (nSPS) is 10.4. The van der Waals surface area contributed by atoms with Crippen molar-refractivity contribution < 1.29 is 18.8 Å². The number of rotatable bonds is 7. The van der Waals surface area contributed by atoms with Crippen LogP contribution >= 0.6 is 11.3 Å². The zero-order chi connectivity index (χ0) is 20.8. The average molecular weight is 412 g/mol. The van der Waals surface area contributed by atoms with Crippen LogP contribution in [0.15, 0.2) is 53.9 Å². The van der Waals surface area contributed by atoms with E-state index in [1.807, 2.05) is 0 Å². The molecule has 2 aromatic carbocycles. The second-order valence-electron chi connectivity index (χ2n) is 6.08. The first-order chi connectivity index (χ1) is 13.9. The molecule has 3 amide bonds. The highest BCUT2D eigenvalue weighted by Crippen LogP contribution is 2.18. The van der Waals surface area contributed by atoms with E-state index in [1.165, 1.54) is 29.5 Å². The number of carbonyl (C=O) groups is 3. The summed E-state index contributed by atoms with van der Waals surface area (Å²) in [5.74, 6) is -1.81. The predicted molar refractivity (Wildman–Crippen MR) is 107 cm³/mol. The van der Waals surface area contributed by atoms with Crippen molar-refractivity contribution in [3.05, 3.63) is 81.6 Å². The Labute approximate surface area is 169 Å². The van der Waals surface area contributed by atoms with Crippen LogP contribution in [-0.4, -0.2) is 29.3 Å². The van der Waals surface area contributed by atoms with Gasteiger partial charge in [0.25, 0.3) is 11.8 Å². The molecule has 0 aliphatic rings. The number of benzene rings is 2. The van der Waals surface area contributed by atoms with Gasteiger partial charge in [-0.3, -0.25) is 14.4 Å². The summed E-state index contributed by atoms with van der Waals surface area (Å²) >= 11 is 1.28. The molecule has 0 unspecified atom stereocenters. The third kappa shape index (κ3) is 5.45. The Morgan fingerprint density at radius 3 is 2.45 bits per heavy atom. The van der Waals surface area contributed by atoms with Crippen LogP contribution in [0.25, 0.3) is 0 Å². The minimum Gasteiger partial charge on any atom is -0.368 e. The highest BCUT2D eigenvalue weighted by atomic mass is 32.1. The van der Waals surface area contributed by atoms with Crippen molar-refractivity contribution in [1.29, 1.82) is 0 Å². The zero-order valence-corrected chi connectivity index (χ0v) is 16.0. The maximum atomic E-state index is 13.8. The molecule has 7 nitrogen and oxygen atoms in total. The van der Waals surface area contributed by atoms with Crippen LogP contribution in [0.3, 0.4) is 0 Å². The Morgan fingerprint density at radius 1 is 1.03 bits per heavy atom. The molecule has 0 aliphatic heterocycles.